The Morgan fingerprint density at radius 2 is 1.93 bits per heavy atom. The summed E-state index contributed by atoms with van der Waals surface area (Å²) in [5, 5.41) is -0.593. The molecule has 1 aromatic heterocycles. The fourth-order valence-electron chi connectivity index (χ4n) is 1.13. The summed E-state index contributed by atoms with van der Waals surface area (Å²) in [6, 6.07) is 1.90. The van der Waals surface area contributed by atoms with Gasteiger partial charge in [0.2, 0.25) is 0 Å². The number of nitrogens with one attached hydrogen (secondary N) is 1. The summed E-state index contributed by atoms with van der Waals surface area (Å²) in [6.45, 7) is 0. The first kappa shape index (κ1) is 8.61. The minimum absolute atomic E-state index is 0.0925. The van der Waals surface area contributed by atoms with Crippen molar-refractivity contribution in [2.75, 3.05) is 0 Å². The van der Waals surface area contributed by atoms with Gasteiger partial charge in [-0.3, -0.25) is 4.98 Å². The monoisotopic (exact) mass is 199 g/mol. The number of H-pyrrole nitrogens is 1. The van der Waals surface area contributed by atoms with Crippen LogP contribution in [-0.2, 0) is 0 Å². The van der Waals surface area contributed by atoms with Gasteiger partial charge < -0.3 is 4.42 Å². The Morgan fingerprint density at radius 1 is 1.21 bits per heavy atom. The molecule has 4 nitrogen and oxygen atoms in total. The second-order valence-corrected chi connectivity index (χ2v) is 2.59. The second-order valence-electron chi connectivity index (χ2n) is 2.59. The Bertz CT molecular complexity index is 614. The number of rotatable bonds is 0. The maximum Gasteiger partial charge on any atom is 0.419 e. The predicted molar refractivity (Wildman–Crippen MR) is 43.0 cm³/mol. The topological polar surface area (TPSA) is 63.1 Å². The quantitative estimate of drug-likeness (QED) is 0.681. The molecule has 1 aromatic carbocycles. The van der Waals surface area contributed by atoms with Gasteiger partial charge in [-0.05, 0) is 12.1 Å². The third-order valence-corrected chi connectivity index (χ3v) is 1.72. The van der Waals surface area contributed by atoms with Crippen LogP contribution in [0, 0.1) is 11.6 Å². The standard InChI is InChI=1S/C8H3F2NO3/c9-3-1-2-4-5(6(3)10)7(12)14-8(13)11-4/h1-2H,(H,11,13). The average Bonchev–Trinajstić information content (AvgIpc) is 2.10. The molecule has 0 amide bonds. The molecule has 6 heteroatoms. The number of aromatic nitrogens is 1. The molecule has 2 aromatic rings. The Balaban J connectivity index is 3.11. The van der Waals surface area contributed by atoms with Crippen molar-refractivity contribution in [1.82, 2.24) is 4.98 Å². The van der Waals surface area contributed by atoms with Crippen molar-refractivity contribution in [3.63, 3.8) is 0 Å². The van der Waals surface area contributed by atoms with Crippen LogP contribution in [0.15, 0.2) is 26.1 Å². The van der Waals surface area contributed by atoms with Crippen LogP contribution in [0.4, 0.5) is 8.78 Å². The minimum Gasteiger partial charge on any atom is -0.372 e. The first-order valence-electron chi connectivity index (χ1n) is 3.61. The van der Waals surface area contributed by atoms with Gasteiger partial charge >= 0.3 is 11.4 Å². The highest BCUT2D eigenvalue weighted by Crippen LogP contribution is 2.13. The van der Waals surface area contributed by atoms with Gasteiger partial charge in [-0.1, -0.05) is 0 Å². The molecular weight excluding hydrogens is 196 g/mol. The molecule has 0 radical (unpaired) electrons. The summed E-state index contributed by atoms with van der Waals surface area (Å²) in [4.78, 5) is 23.7. The molecule has 0 saturated heterocycles. The summed E-state index contributed by atoms with van der Waals surface area (Å²) in [5.74, 6) is -3.50. The van der Waals surface area contributed by atoms with E-state index in [4.69, 9.17) is 0 Å². The fourth-order valence-corrected chi connectivity index (χ4v) is 1.13. The van der Waals surface area contributed by atoms with Crippen LogP contribution in [0.5, 0.6) is 0 Å². The molecule has 0 aliphatic rings. The Hall–Kier alpha value is -1.98. The smallest absolute Gasteiger partial charge is 0.372 e. The van der Waals surface area contributed by atoms with Gasteiger partial charge in [0.05, 0.1) is 5.52 Å². The largest absolute Gasteiger partial charge is 0.419 e. The first-order valence-corrected chi connectivity index (χ1v) is 3.61. The summed E-state index contributed by atoms with van der Waals surface area (Å²) in [7, 11) is 0. The number of fused-ring (bicyclic) bond motifs is 1. The summed E-state index contributed by atoms with van der Waals surface area (Å²) in [5.41, 5.74) is -1.29. The van der Waals surface area contributed by atoms with E-state index in [0.29, 0.717) is 0 Å². The third kappa shape index (κ3) is 1.12. The lowest BCUT2D eigenvalue weighted by atomic mass is 10.2. The van der Waals surface area contributed by atoms with Crippen LogP contribution in [-0.4, -0.2) is 4.98 Å². The molecule has 0 aliphatic heterocycles. The number of hydrogen-bond acceptors (Lipinski definition) is 3. The lowest BCUT2D eigenvalue weighted by Gasteiger charge is -1.96. The van der Waals surface area contributed by atoms with E-state index in [-0.39, 0.29) is 5.52 Å². The molecule has 0 bridgehead atoms. The van der Waals surface area contributed by atoms with Gasteiger partial charge in [-0.15, -0.1) is 0 Å². The van der Waals surface area contributed by atoms with E-state index < -0.39 is 28.4 Å². The summed E-state index contributed by atoms with van der Waals surface area (Å²) < 4.78 is 29.8. The van der Waals surface area contributed by atoms with E-state index in [9.17, 15) is 18.4 Å². The van der Waals surface area contributed by atoms with E-state index >= 15 is 0 Å². The highest BCUT2D eigenvalue weighted by atomic mass is 19.2. The minimum atomic E-state index is -1.33. The Labute approximate surface area is 74.8 Å². The Kier molecular flexibility index (Phi) is 1.70. The highest BCUT2D eigenvalue weighted by Gasteiger charge is 2.12. The molecule has 0 spiro atoms. The highest BCUT2D eigenvalue weighted by molar-refractivity contribution is 5.77. The van der Waals surface area contributed by atoms with Crippen LogP contribution in [0.25, 0.3) is 10.9 Å². The van der Waals surface area contributed by atoms with Crippen LogP contribution < -0.4 is 11.4 Å². The van der Waals surface area contributed by atoms with Crippen LogP contribution in [0.1, 0.15) is 0 Å². The van der Waals surface area contributed by atoms with E-state index in [0.717, 1.165) is 12.1 Å². The van der Waals surface area contributed by atoms with Gasteiger partial charge in [-0.25, -0.2) is 18.4 Å². The molecule has 2 rings (SSSR count). The lowest BCUT2D eigenvalue weighted by Crippen LogP contribution is -2.15. The average molecular weight is 199 g/mol. The molecule has 14 heavy (non-hydrogen) atoms. The maximum atomic E-state index is 13.0. The number of aromatic amines is 1. The summed E-state index contributed by atoms with van der Waals surface area (Å²) >= 11 is 0. The van der Waals surface area contributed by atoms with E-state index in [1.54, 1.807) is 0 Å². The third-order valence-electron chi connectivity index (χ3n) is 1.72. The van der Waals surface area contributed by atoms with Crippen LogP contribution in [0.2, 0.25) is 0 Å². The zero-order chi connectivity index (χ0) is 10.3. The SMILES string of the molecule is O=c1[nH]c2ccc(F)c(F)c2c(=O)o1. The van der Waals surface area contributed by atoms with Gasteiger partial charge in [-0.2, -0.15) is 0 Å². The Morgan fingerprint density at radius 3 is 2.64 bits per heavy atom. The van der Waals surface area contributed by atoms with Crippen molar-refractivity contribution in [2.45, 2.75) is 0 Å². The first-order chi connectivity index (χ1) is 6.59. The zero-order valence-electron chi connectivity index (χ0n) is 6.64. The van der Waals surface area contributed by atoms with Gasteiger partial charge in [0.1, 0.15) is 5.39 Å². The molecule has 0 unspecified atom stereocenters. The van der Waals surface area contributed by atoms with E-state index in [1.165, 1.54) is 0 Å². The fraction of sp³-hybridized carbons (Fsp3) is 0. The van der Waals surface area contributed by atoms with Crippen LogP contribution >= 0.6 is 0 Å². The molecular formula is C8H3F2NO3. The summed E-state index contributed by atoms with van der Waals surface area (Å²) in [6.07, 6.45) is 0. The molecule has 1 heterocycles. The molecule has 0 saturated carbocycles. The van der Waals surface area contributed by atoms with E-state index in [2.05, 4.69) is 9.40 Å². The number of halogens is 2. The van der Waals surface area contributed by atoms with Gasteiger partial charge in [0.25, 0.3) is 0 Å². The van der Waals surface area contributed by atoms with Crippen molar-refractivity contribution in [3.05, 3.63) is 44.7 Å². The normalized spacial score (nSPS) is 10.7. The van der Waals surface area contributed by atoms with Crippen molar-refractivity contribution >= 4 is 10.9 Å². The molecule has 1 N–H and O–H groups in total. The molecule has 0 fully saturated rings. The van der Waals surface area contributed by atoms with Crippen LogP contribution in [0.3, 0.4) is 0 Å². The van der Waals surface area contributed by atoms with Gasteiger partial charge in [0, 0.05) is 0 Å². The maximum absolute atomic E-state index is 13.0. The number of hydrogen-bond donors (Lipinski definition) is 1. The predicted octanol–water partition coefficient (Wildman–Crippen LogP) is 0.760. The molecule has 72 valence electrons. The molecule has 0 aliphatic carbocycles. The van der Waals surface area contributed by atoms with Gasteiger partial charge in [0.15, 0.2) is 11.6 Å². The van der Waals surface area contributed by atoms with Crippen molar-refractivity contribution in [3.8, 4) is 0 Å². The zero-order valence-corrected chi connectivity index (χ0v) is 6.64. The van der Waals surface area contributed by atoms with Crippen molar-refractivity contribution < 1.29 is 13.2 Å². The molecule has 0 atom stereocenters. The second kappa shape index (κ2) is 2.76. The lowest BCUT2D eigenvalue weighted by molar-refractivity contribution is 0.452. The number of benzene rings is 1. The van der Waals surface area contributed by atoms with Crippen molar-refractivity contribution in [2.24, 2.45) is 0 Å². The van der Waals surface area contributed by atoms with Crippen molar-refractivity contribution in [1.29, 1.82) is 0 Å². The van der Waals surface area contributed by atoms with E-state index in [1.807, 2.05) is 0 Å².